The van der Waals surface area contributed by atoms with Gasteiger partial charge in [-0.15, -0.1) is 0 Å². The highest BCUT2D eigenvalue weighted by Gasteiger charge is 2.25. The van der Waals surface area contributed by atoms with Gasteiger partial charge in [0, 0.05) is 31.6 Å². The molecular weight excluding hydrogens is 282 g/mol. The van der Waals surface area contributed by atoms with Gasteiger partial charge in [-0.05, 0) is 12.1 Å². The van der Waals surface area contributed by atoms with Crippen LogP contribution in [0.2, 0.25) is 0 Å². The van der Waals surface area contributed by atoms with E-state index in [1.807, 2.05) is 16.5 Å². The normalized spacial score (nSPS) is 13.7. The number of amides is 1. The maximum atomic E-state index is 12.8. The number of carbonyl (C=O) groups excluding carboxylic acids is 1. The smallest absolute Gasteiger partial charge is 0.254 e. The first-order valence-corrected chi connectivity index (χ1v) is 7.13. The predicted molar refractivity (Wildman–Crippen MR) is 81.2 cm³/mol. The van der Waals surface area contributed by atoms with E-state index in [1.165, 1.54) is 0 Å². The van der Waals surface area contributed by atoms with Gasteiger partial charge in [0.15, 0.2) is 0 Å². The molecule has 0 unspecified atom stereocenters. The molecule has 2 aromatic rings. The Labute approximate surface area is 129 Å². The zero-order valence-electron chi connectivity index (χ0n) is 13.0. The molecule has 0 saturated carbocycles. The molecule has 1 aliphatic heterocycles. The molecule has 0 bridgehead atoms. The van der Waals surface area contributed by atoms with Crippen LogP contribution in [0.5, 0.6) is 11.5 Å². The van der Waals surface area contributed by atoms with E-state index in [9.17, 15) is 4.79 Å². The molecule has 0 aliphatic carbocycles. The molecule has 6 heteroatoms. The third-order valence-corrected chi connectivity index (χ3v) is 3.99. The largest absolute Gasteiger partial charge is 0.497 e. The minimum Gasteiger partial charge on any atom is -0.497 e. The molecule has 0 atom stereocenters. The summed E-state index contributed by atoms with van der Waals surface area (Å²) >= 11 is 0. The van der Waals surface area contributed by atoms with Gasteiger partial charge >= 0.3 is 0 Å². The van der Waals surface area contributed by atoms with Crippen LogP contribution in [0.3, 0.4) is 0 Å². The molecule has 0 spiro atoms. The Hall–Kier alpha value is -2.50. The third-order valence-electron chi connectivity index (χ3n) is 3.99. The van der Waals surface area contributed by atoms with Crippen molar-refractivity contribution in [2.24, 2.45) is 7.05 Å². The molecule has 1 amide bonds. The Morgan fingerprint density at radius 1 is 1.18 bits per heavy atom. The van der Waals surface area contributed by atoms with Crippen molar-refractivity contribution in [3.8, 4) is 11.5 Å². The van der Waals surface area contributed by atoms with Crippen molar-refractivity contribution < 1.29 is 14.3 Å². The zero-order valence-corrected chi connectivity index (χ0v) is 13.0. The van der Waals surface area contributed by atoms with Gasteiger partial charge in [-0.1, -0.05) is 0 Å². The number of methoxy groups -OCH3 is 2. The molecule has 0 radical (unpaired) electrons. The zero-order chi connectivity index (χ0) is 15.7. The average molecular weight is 301 g/mol. The van der Waals surface area contributed by atoms with E-state index < -0.39 is 0 Å². The molecule has 1 aliphatic rings. The maximum absolute atomic E-state index is 12.8. The topological polar surface area (TPSA) is 56.6 Å². The predicted octanol–water partition coefficient (Wildman–Crippen LogP) is 1.64. The van der Waals surface area contributed by atoms with Crippen LogP contribution >= 0.6 is 0 Å². The number of nitrogens with zero attached hydrogens (tertiary/aromatic N) is 3. The van der Waals surface area contributed by atoms with Crippen molar-refractivity contribution in [3.05, 3.63) is 41.5 Å². The molecule has 22 heavy (non-hydrogen) atoms. The molecule has 0 saturated heterocycles. The van der Waals surface area contributed by atoms with Crippen molar-refractivity contribution in [1.82, 2.24) is 14.5 Å². The number of aryl methyl sites for hydroxylation is 1. The van der Waals surface area contributed by atoms with Crippen LogP contribution in [-0.4, -0.2) is 41.1 Å². The lowest BCUT2D eigenvalue weighted by Gasteiger charge is -2.27. The molecule has 1 aromatic heterocycles. The van der Waals surface area contributed by atoms with E-state index >= 15 is 0 Å². The van der Waals surface area contributed by atoms with Crippen molar-refractivity contribution in [2.45, 2.75) is 13.0 Å². The summed E-state index contributed by atoms with van der Waals surface area (Å²) in [7, 11) is 5.10. The summed E-state index contributed by atoms with van der Waals surface area (Å²) in [6.45, 7) is 1.24. The second kappa shape index (κ2) is 5.71. The first-order chi connectivity index (χ1) is 10.6. The Morgan fingerprint density at radius 3 is 2.50 bits per heavy atom. The molecule has 6 nitrogen and oxygen atoms in total. The Kier molecular flexibility index (Phi) is 3.75. The van der Waals surface area contributed by atoms with Gasteiger partial charge < -0.3 is 18.9 Å². The summed E-state index contributed by atoms with van der Waals surface area (Å²) in [6, 6.07) is 5.24. The fraction of sp³-hybridized carbons (Fsp3) is 0.375. The number of aromatic nitrogens is 2. The lowest BCUT2D eigenvalue weighted by molar-refractivity contribution is 0.0729. The number of benzene rings is 1. The molecule has 0 fully saturated rings. The minimum absolute atomic E-state index is 0.0240. The minimum atomic E-state index is -0.0240. The van der Waals surface area contributed by atoms with E-state index in [4.69, 9.17) is 9.47 Å². The van der Waals surface area contributed by atoms with Gasteiger partial charge in [0.2, 0.25) is 0 Å². The first-order valence-electron chi connectivity index (χ1n) is 7.13. The van der Waals surface area contributed by atoms with Gasteiger partial charge in [-0.25, -0.2) is 4.98 Å². The lowest BCUT2D eigenvalue weighted by atomic mass is 10.1. The van der Waals surface area contributed by atoms with E-state index in [0.29, 0.717) is 30.2 Å². The fourth-order valence-corrected chi connectivity index (χ4v) is 2.70. The van der Waals surface area contributed by atoms with Crippen LogP contribution in [0.4, 0.5) is 0 Å². The van der Waals surface area contributed by atoms with Gasteiger partial charge in [0.1, 0.15) is 11.5 Å². The molecule has 3 rings (SSSR count). The maximum Gasteiger partial charge on any atom is 0.254 e. The average Bonchev–Trinajstić information content (AvgIpc) is 2.94. The van der Waals surface area contributed by atoms with Crippen LogP contribution in [0.1, 0.15) is 21.7 Å². The Balaban J connectivity index is 1.87. The van der Waals surface area contributed by atoms with Gasteiger partial charge in [-0.3, -0.25) is 4.79 Å². The summed E-state index contributed by atoms with van der Waals surface area (Å²) in [6.07, 6.45) is 2.58. The van der Waals surface area contributed by atoms with Gasteiger partial charge in [0.25, 0.3) is 5.91 Å². The van der Waals surface area contributed by atoms with Gasteiger partial charge in [-0.2, -0.15) is 0 Å². The van der Waals surface area contributed by atoms with Crippen LogP contribution < -0.4 is 9.47 Å². The van der Waals surface area contributed by atoms with Crippen LogP contribution in [0.25, 0.3) is 0 Å². The Bertz CT molecular complexity index is 686. The first kappa shape index (κ1) is 14.4. The van der Waals surface area contributed by atoms with E-state index in [1.54, 1.807) is 38.7 Å². The quantitative estimate of drug-likeness (QED) is 0.865. The van der Waals surface area contributed by atoms with E-state index in [-0.39, 0.29) is 5.91 Å². The summed E-state index contributed by atoms with van der Waals surface area (Å²) in [5.74, 6) is 1.20. The van der Waals surface area contributed by atoms with Crippen molar-refractivity contribution in [3.63, 3.8) is 0 Å². The Morgan fingerprint density at radius 2 is 1.86 bits per heavy atom. The highest BCUT2D eigenvalue weighted by Crippen LogP contribution is 2.25. The van der Waals surface area contributed by atoms with Crippen molar-refractivity contribution in [1.29, 1.82) is 0 Å². The molecule has 1 aromatic carbocycles. The van der Waals surface area contributed by atoms with Crippen LogP contribution in [0, 0.1) is 0 Å². The number of imidazole rings is 1. The summed E-state index contributed by atoms with van der Waals surface area (Å²) in [5, 5.41) is 0. The number of carbonyl (C=O) groups is 1. The molecular formula is C16H19N3O3. The van der Waals surface area contributed by atoms with Gasteiger partial charge in [0.05, 0.1) is 38.5 Å². The van der Waals surface area contributed by atoms with Crippen molar-refractivity contribution >= 4 is 5.91 Å². The number of hydrogen-bond donors (Lipinski definition) is 0. The van der Waals surface area contributed by atoms with Crippen LogP contribution in [-0.2, 0) is 20.0 Å². The summed E-state index contributed by atoms with van der Waals surface area (Å²) in [4.78, 5) is 19.0. The molecule has 116 valence electrons. The standard InChI is InChI=1S/C16H19N3O3/c1-18-10-17-14-4-5-19(9-15(14)18)16(20)11-6-12(21-2)8-13(7-11)22-3/h6-8,10H,4-5,9H2,1-3H3. The molecule has 2 heterocycles. The highest BCUT2D eigenvalue weighted by molar-refractivity contribution is 5.95. The third kappa shape index (κ3) is 2.52. The van der Waals surface area contributed by atoms with Crippen LogP contribution in [0.15, 0.2) is 24.5 Å². The van der Waals surface area contributed by atoms with E-state index in [0.717, 1.165) is 17.8 Å². The van der Waals surface area contributed by atoms with E-state index in [2.05, 4.69) is 4.98 Å². The second-order valence-corrected chi connectivity index (χ2v) is 5.33. The second-order valence-electron chi connectivity index (χ2n) is 5.33. The number of fused-ring (bicyclic) bond motifs is 1. The fourth-order valence-electron chi connectivity index (χ4n) is 2.70. The summed E-state index contributed by atoms with van der Waals surface area (Å²) in [5.41, 5.74) is 2.74. The summed E-state index contributed by atoms with van der Waals surface area (Å²) < 4.78 is 12.4. The highest BCUT2D eigenvalue weighted by atomic mass is 16.5. The monoisotopic (exact) mass is 301 g/mol. The number of rotatable bonds is 3. The SMILES string of the molecule is COc1cc(OC)cc(C(=O)N2CCc3ncn(C)c3C2)c1. The van der Waals surface area contributed by atoms with Crippen molar-refractivity contribution in [2.75, 3.05) is 20.8 Å². The lowest BCUT2D eigenvalue weighted by Crippen LogP contribution is -2.36. The number of ether oxygens (including phenoxy) is 2. The number of hydrogen-bond acceptors (Lipinski definition) is 4. The molecule has 0 N–H and O–H groups in total.